The maximum Gasteiger partial charge on any atom is 0.407 e. The summed E-state index contributed by atoms with van der Waals surface area (Å²) in [6.45, 7) is 0.455. The van der Waals surface area contributed by atoms with Crippen LogP contribution in [0.25, 0.3) is 0 Å². The van der Waals surface area contributed by atoms with E-state index in [2.05, 4.69) is 6.07 Å². The van der Waals surface area contributed by atoms with Gasteiger partial charge in [-0.2, -0.15) is 10.5 Å². The van der Waals surface area contributed by atoms with Crippen LogP contribution in [0.3, 0.4) is 0 Å². The molecule has 0 atom stereocenters. The van der Waals surface area contributed by atoms with Crippen molar-refractivity contribution in [1.82, 2.24) is 4.90 Å². The summed E-state index contributed by atoms with van der Waals surface area (Å²) in [6.07, 6.45) is -0.414. The number of nitrogens with zero attached hydrogens (tertiary/aromatic N) is 3. The number of nitriles is 2. The van der Waals surface area contributed by atoms with Crippen molar-refractivity contribution < 1.29 is 14.3 Å². The van der Waals surface area contributed by atoms with Crippen molar-refractivity contribution in [2.24, 2.45) is 0 Å². The zero-order valence-corrected chi connectivity index (χ0v) is 10.6. The highest BCUT2D eigenvalue weighted by Gasteiger charge is 2.39. The molecule has 1 N–H and O–H groups in total. The molecule has 1 fully saturated rings. The van der Waals surface area contributed by atoms with Gasteiger partial charge in [0.1, 0.15) is 5.82 Å². The fourth-order valence-corrected chi connectivity index (χ4v) is 2.55. The van der Waals surface area contributed by atoms with E-state index < -0.39 is 17.3 Å². The lowest BCUT2D eigenvalue weighted by atomic mass is 9.72. The molecule has 0 unspecified atom stereocenters. The van der Waals surface area contributed by atoms with Crippen LogP contribution in [0, 0.1) is 28.5 Å². The van der Waals surface area contributed by atoms with Crippen molar-refractivity contribution in [2.45, 2.75) is 18.3 Å². The van der Waals surface area contributed by atoms with Crippen LogP contribution in [-0.2, 0) is 5.41 Å². The summed E-state index contributed by atoms with van der Waals surface area (Å²) in [5.74, 6) is -0.527. The predicted octanol–water partition coefficient (Wildman–Crippen LogP) is 2.23. The highest BCUT2D eigenvalue weighted by molar-refractivity contribution is 5.65. The Hall–Kier alpha value is -2.60. The lowest BCUT2D eigenvalue weighted by Crippen LogP contribution is -2.44. The number of halogens is 1. The zero-order valence-electron chi connectivity index (χ0n) is 10.6. The number of likely N-dealkylation sites (tertiary alicyclic amines) is 1. The third kappa shape index (κ3) is 2.28. The molecule has 102 valence electrons. The third-order valence-electron chi connectivity index (χ3n) is 3.72. The predicted molar refractivity (Wildman–Crippen MR) is 67.2 cm³/mol. The number of carbonyl (C=O) groups is 1. The molecule has 2 rings (SSSR count). The maximum absolute atomic E-state index is 13.2. The second kappa shape index (κ2) is 5.18. The summed E-state index contributed by atoms with van der Waals surface area (Å²) < 4.78 is 13.2. The Morgan fingerprint density at radius 1 is 1.35 bits per heavy atom. The van der Waals surface area contributed by atoms with Gasteiger partial charge in [0.05, 0.1) is 23.1 Å². The van der Waals surface area contributed by atoms with Gasteiger partial charge in [-0.3, -0.25) is 0 Å². The highest BCUT2D eigenvalue weighted by Crippen LogP contribution is 2.37. The molecule has 0 radical (unpaired) electrons. The molecule has 0 spiro atoms. The van der Waals surface area contributed by atoms with Gasteiger partial charge in [0, 0.05) is 13.1 Å². The normalized spacial score (nSPS) is 17.1. The summed E-state index contributed by atoms with van der Waals surface area (Å²) in [5, 5.41) is 27.5. The molecule has 1 saturated heterocycles. The van der Waals surface area contributed by atoms with E-state index in [4.69, 9.17) is 10.4 Å². The van der Waals surface area contributed by atoms with Gasteiger partial charge >= 0.3 is 6.09 Å². The molecule has 1 aliphatic rings. The van der Waals surface area contributed by atoms with E-state index in [9.17, 15) is 14.4 Å². The van der Waals surface area contributed by atoms with Crippen LogP contribution in [0.5, 0.6) is 0 Å². The molecule has 1 heterocycles. The molecule has 20 heavy (non-hydrogen) atoms. The third-order valence-corrected chi connectivity index (χ3v) is 3.72. The first-order valence-electron chi connectivity index (χ1n) is 6.12. The van der Waals surface area contributed by atoms with Gasteiger partial charge in [-0.05, 0) is 30.5 Å². The summed E-state index contributed by atoms with van der Waals surface area (Å²) in [5.41, 5.74) is -0.311. The maximum atomic E-state index is 13.2. The van der Waals surface area contributed by atoms with Gasteiger partial charge in [0.15, 0.2) is 0 Å². The van der Waals surface area contributed by atoms with Gasteiger partial charge in [-0.25, -0.2) is 9.18 Å². The molecule has 5 nitrogen and oxygen atoms in total. The first-order valence-corrected chi connectivity index (χ1v) is 6.12. The summed E-state index contributed by atoms with van der Waals surface area (Å²) in [4.78, 5) is 12.1. The number of hydrogen-bond donors (Lipinski definition) is 1. The molecular formula is C14H12FN3O2. The van der Waals surface area contributed by atoms with E-state index in [1.165, 1.54) is 17.0 Å². The van der Waals surface area contributed by atoms with Crippen LogP contribution in [0.15, 0.2) is 18.2 Å². The van der Waals surface area contributed by atoms with Crippen LogP contribution in [0.2, 0.25) is 0 Å². The Labute approximate surface area is 115 Å². The minimum Gasteiger partial charge on any atom is -0.465 e. The van der Waals surface area contributed by atoms with E-state index in [0.29, 0.717) is 18.4 Å². The number of amides is 1. The van der Waals surface area contributed by atoms with Crippen LogP contribution < -0.4 is 0 Å². The standard InChI is InChI=1S/C14H12FN3O2/c15-11-1-2-12(10(7-11)8-16)14(9-17)3-5-18(6-4-14)13(19)20/h1-2,7H,3-6H2,(H,19,20). The number of benzene rings is 1. The van der Waals surface area contributed by atoms with Crippen molar-refractivity contribution >= 4 is 6.09 Å². The van der Waals surface area contributed by atoms with E-state index in [0.717, 1.165) is 6.07 Å². The monoisotopic (exact) mass is 273 g/mol. The molecule has 1 aliphatic heterocycles. The topological polar surface area (TPSA) is 88.1 Å². The lowest BCUT2D eigenvalue weighted by molar-refractivity contribution is 0.125. The van der Waals surface area contributed by atoms with E-state index in [1.54, 1.807) is 0 Å². The summed E-state index contributed by atoms with van der Waals surface area (Å²) >= 11 is 0. The summed E-state index contributed by atoms with van der Waals surface area (Å²) in [6, 6.07) is 7.88. The second-order valence-corrected chi connectivity index (χ2v) is 4.77. The van der Waals surface area contributed by atoms with Crippen molar-refractivity contribution in [3.63, 3.8) is 0 Å². The average molecular weight is 273 g/mol. The molecule has 1 aromatic rings. The Bertz CT molecular complexity index is 622. The first-order chi connectivity index (χ1) is 9.52. The van der Waals surface area contributed by atoms with Gasteiger partial charge < -0.3 is 10.0 Å². The number of rotatable bonds is 1. The van der Waals surface area contributed by atoms with E-state index in [-0.39, 0.29) is 18.7 Å². The number of carboxylic acid groups (broad SMARTS) is 1. The molecule has 6 heteroatoms. The van der Waals surface area contributed by atoms with Crippen molar-refractivity contribution in [1.29, 1.82) is 10.5 Å². The Balaban J connectivity index is 2.38. The molecule has 1 amide bonds. The quantitative estimate of drug-likeness (QED) is 0.849. The molecule has 0 bridgehead atoms. The fraction of sp³-hybridized carbons (Fsp3) is 0.357. The molecule has 0 saturated carbocycles. The average Bonchev–Trinajstić information content (AvgIpc) is 2.47. The Morgan fingerprint density at radius 2 is 2.00 bits per heavy atom. The number of piperidine rings is 1. The van der Waals surface area contributed by atoms with Crippen LogP contribution in [-0.4, -0.2) is 29.2 Å². The van der Waals surface area contributed by atoms with Gasteiger partial charge in [-0.15, -0.1) is 0 Å². The number of hydrogen-bond acceptors (Lipinski definition) is 3. The first kappa shape index (κ1) is 13.8. The highest BCUT2D eigenvalue weighted by atomic mass is 19.1. The van der Waals surface area contributed by atoms with Crippen LogP contribution >= 0.6 is 0 Å². The SMILES string of the molecule is N#Cc1cc(F)ccc1C1(C#N)CCN(C(=O)O)CC1. The lowest BCUT2D eigenvalue weighted by Gasteiger charge is -2.36. The van der Waals surface area contributed by atoms with Crippen molar-refractivity contribution in [3.8, 4) is 12.1 Å². The van der Waals surface area contributed by atoms with Crippen molar-refractivity contribution in [2.75, 3.05) is 13.1 Å². The van der Waals surface area contributed by atoms with Gasteiger partial charge in [0.2, 0.25) is 0 Å². The van der Waals surface area contributed by atoms with E-state index >= 15 is 0 Å². The molecule has 0 aromatic heterocycles. The van der Waals surface area contributed by atoms with Gasteiger partial charge in [-0.1, -0.05) is 6.07 Å². The summed E-state index contributed by atoms with van der Waals surface area (Å²) in [7, 11) is 0. The second-order valence-electron chi connectivity index (χ2n) is 4.77. The molecular weight excluding hydrogens is 261 g/mol. The fourth-order valence-electron chi connectivity index (χ4n) is 2.55. The largest absolute Gasteiger partial charge is 0.465 e. The molecule has 0 aliphatic carbocycles. The van der Waals surface area contributed by atoms with Crippen LogP contribution in [0.1, 0.15) is 24.0 Å². The minimum absolute atomic E-state index is 0.135. The molecule has 1 aromatic carbocycles. The zero-order chi connectivity index (χ0) is 14.8. The Kier molecular flexibility index (Phi) is 3.58. The smallest absolute Gasteiger partial charge is 0.407 e. The van der Waals surface area contributed by atoms with Gasteiger partial charge in [0.25, 0.3) is 0 Å². The minimum atomic E-state index is -1.02. The van der Waals surface area contributed by atoms with E-state index in [1.807, 2.05) is 6.07 Å². The Morgan fingerprint density at radius 3 is 2.50 bits per heavy atom. The van der Waals surface area contributed by atoms with Crippen LogP contribution in [0.4, 0.5) is 9.18 Å². The van der Waals surface area contributed by atoms with Crippen molar-refractivity contribution in [3.05, 3.63) is 35.1 Å².